The first-order valence-electron chi connectivity index (χ1n) is 6.71. The lowest BCUT2D eigenvalue weighted by Crippen LogP contribution is -2.37. The van der Waals surface area contributed by atoms with Crippen molar-refractivity contribution in [1.82, 2.24) is 10.6 Å². The van der Waals surface area contributed by atoms with Gasteiger partial charge < -0.3 is 20.1 Å². The second-order valence-corrected chi connectivity index (χ2v) is 4.85. The number of hydrogen-bond acceptors (Lipinski definition) is 3. The van der Waals surface area contributed by atoms with Gasteiger partial charge in [0.25, 0.3) is 0 Å². The minimum atomic E-state index is -0.320. The summed E-state index contributed by atoms with van der Waals surface area (Å²) in [5.41, 5.74) is 0.902. The van der Waals surface area contributed by atoms with Gasteiger partial charge in [-0.2, -0.15) is 0 Å². The van der Waals surface area contributed by atoms with Crippen molar-refractivity contribution in [3.63, 3.8) is 0 Å². The van der Waals surface area contributed by atoms with Crippen LogP contribution in [0, 0.1) is 0 Å². The molecule has 2 amide bonds. The van der Waals surface area contributed by atoms with Crippen molar-refractivity contribution in [1.29, 1.82) is 0 Å². The number of methoxy groups -OCH3 is 1. The van der Waals surface area contributed by atoms with Gasteiger partial charge in [-0.1, -0.05) is 29.8 Å². The Morgan fingerprint density at radius 2 is 1.82 bits per heavy atom. The number of amides is 2. The van der Waals surface area contributed by atoms with Gasteiger partial charge in [0.1, 0.15) is 11.5 Å². The first-order valence-corrected chi connectivity index (χ1v) is 7.09. The molecule has 0 aromatic heterocycles. The molecular formula is C16H17ClN2O3. The molecule has 0 heterocycles. The smallest absolute Gasteiger partial charge is 0.317 e. The van der Waals surface area contributed by atoms with E-state index in [0.29, 0.717) is 17.3 Å². The zero-order valence-electron chi connectivity index (χ0n) is 12.1. The molecule has 22 heavy (non-hydrogen) atoms. The van der Waals surface area contributed by atoms with E-state index in [2.05, 4.69) is 10.6 Å². The van der Waals surface area contributed by atoms with E-state index in [1.54, 1.807) is 31.4 Å². The van der Waals surface area contributed by atoms with Crippen molar-refractivity contribution in [2.75, 3.05) is 13.8 Å². The number of ether oxygens (including phenoxy) is 2. The Hall–Kier alpha value is -2.40. The molecule has 2 rings (SSSR count). The van der Waals surface area contributed by atoms with Gasteiger partial charge in [-0.15, -0.1) is 0 Å². The van der Waals surface area contributed by atoms with Crippen LogP contribution in [0.15, 0.2) is 48.5 Å². The van der Waals surface area contributed by atoms with Gasteiger partial charge >= 0.3 is 6.03 Å². The van der Waals surface area contributed by atoms with E-state index < -0.39 is 0 Å². The Morgan fingerprint density at radius 3 is 2.55 bits per heavy atom. The van der Waals surface area contributed by atoms with Crippen LogP contribution >= 0.6 is 11.6 Å². The van der Waals surface area contributed by atoms with Crippen molar-refractivity contribution in [3.05, 3.63) is 59.1 Å². The maximum atomic E-state index is 11.7. The molecule has 6 heteroatoms. The molecule has 0 radical (unpaired) electrons. The normalized spacial score (nSPS) is 9.91. The molecule has 0 saturated carbocycles. The number of para-hydroxylation sites is 1. The van der Waals surface area contributed by atoms with Crippen LogP contribution in [-0.4, -0.2) is 19.9 Å². The number of nitrogens with one attached hydrogen (secondary N) is 2. The average Bonchev–Trinajstić information content (AvgIpc) is 2.55. The van der Waals surface area contributed by atoms with Gasteiger partial charge in [0.15, 0.2) is 6.73 Å². The third kappa shape index (κ3) is 4.86. The monoisotopic (exact) mass is 320 g/mol. The maximum Gasteiger partial charge on any atom is 0.317 e. The Kier molecular flexibility index (Phi) is 5.91. The number of urea groups is 1. The largest absolute Gasteiger partial charge is 0.496 e. The highest BCUT2D eigenvalue weighted by Crippen LogP contribution is 2.16. The fourth-order valence-electron chi connectivity index (χ4n) is 1.80. The molecule has 0 spiro atoms. The molecule has 2 aromatic rings. The van der Waals surface area contributed by atoms with Gasteiger partial charge in [0.2, 0.25) is 0 Å². The summed E-state index contributed by atoms with van der Waals surface area (Å²) in [6.07, 6.45) is 0. The van der Waals surface area contributed by atoms with Crippen LogP contribution < -0.4 is 20.1 Å². The van der Waals surface area contributed by atoms with Crippen LogP contribution in [0.1, 0.15) is 5.56 Å². The summed E-state index contributed by atoms with van der Waals surface area (Å²) in [7, 11) is 1.60. The standard InChI is InChI=1S/C16H17ClN2O3/c1-21-15-5-3-2-4-12(15)10-18-16(20)19-11-22-14-8-6-13(17)7-9-14/h2-9H,10-11H2,1H3,(H2,18,19,20). The first kappa shape index (κ1) is 16.0. The molecule has 5 nitrogen and oxygen atoms in total. The van der Waals surface area contributed by atoms with Crippen LogP contribution in [0.3, 0.4) is 0 Å². The van der Waals surface area contributed by atoms with E-state index in [1.165, 1.54) is 0 Å². The summed E-state index contributed by atoms with van der Waals surface area (Å²) in [6, 6.07) is 14.1. The fourth-order valence-corrected chi connectivity index (χ4v) is 1.93. The zero-order valence-corrected chi connectivity index (χ0v) is 12.9. The second-order valence-electron chi connectivity index (χ2n) is 4.41. The van der Waals surface area contributed by atoms with Crippen LogP contribution in [-0.2, 0) is 6.54 Å². The van der Waals surface area contributed by atoms with E-state index in [4.69, 9.17) is 21.1 Å². The summed E-state index contributed by atoms with van der Waals surface area (Å²) >= 11 is 5.77. The minimum absolute atomic E-state index is 0.0688. The number of hydrogen-bond donors (Lipinski definition) is 2. The van der Waals surface area contributed by atoms with Gasteiger partial charge in [-0.05, 0) is 30.3 Å². The molecule has 116 valence electrons. The third-order valence-electron chi connectivity index (χ3n) is 2.92. The molecule has 0 aliphatic rings. The second kappa shape index (κ2) is 8.14. The lowest BCUT2D eigenvalue weighted by atomic mass is 10.2. The van der Waals surface area contributed by atoms with Crippen LogP contribution in [0.4, 0.5) is 4.79 Å². The first-order chi connectivity index (χ1) is 10.7. The summed E-state index contributed by atoms with van der Waals surface area (Å²) in [6.45, 7) is 0.441. The molecule has 0 unspecified atom stereocenters. The molecule has 0 aliphatic carbocycles. The highest BCUT2D eigenvalue weighted by Gasteiger charge is 2.04. The van der Waals surface area contributed by atoms with Gasteiger partial charge in [0.05, 0.1) is 7.11 Å². The molecule has 0 aliphatic heterocycles. The van der Waals surface area contributed by atoms with Crippen molar-refractivity contribution < 1.29 is 14.3 Å². The van der Waals surface area contributed by atoms with Crippen molar-refractivity contribution in [2.24, 2.45) is 0 Å². The Bertz CT molecular complexity index is 617. The summed E-state index contributed by atoms with van der Waals surface area (Å²) < 4.78 is 10.6. The van der Waals surface area contributed by atoms with Crippen molar-refractivity contribution in [3.8, 4) is 11.5 Å². The Labute approximate surface area is 134 Å². The molecule has 2 N–H and O–H groups in total. The Morgan fingerprint density at radius 1 is 1.09 bits per heavy atom. The summed E-state index contributed by atoms with van der Waals surface area (Å²) in [4.78, 5) is 11.7. The highest BCUT2D eigenvalue weighted by atomic mass is 35.5. The number of carbonyl (C=O) groups excluding carboxylic acids is 1. The summed E-state index contributed by atoms with van der Waals surface area (Å²) in [5.74, 6) is 1.37. The van der Waals surface area contributed by atoms with Crippen LogP contribution in [0.5, 0.6) is 11.5 Å². The number of benzene rings is 2. The van der Waals surface area contributed by atoms with Crippen LogP contribution in [0.25, 0.3) is 0 Å². The predicted octanol–water partition coefficient (Wildman–Crippen LogP) is 3.18. The van der Waals surface area contributed by atoms with Gasteiger partial charge in [-0.3, -0.25) is 0 Å². The zero-order chi connectivity index (χ0) is 15.8. The van der Waals surface area contributed by atoms with E-state index in [1.807, 2.05) is 24.3 Å². The summed E-state index contributed by atoms with van der Waals surface area (Å²) in [5, 5.41) is 5.98. The third-order valence-corrected chi connectivity index (χ3v) is 3.17. The van der Waals surface area contributed by atoms with Crippen molar-refractivity contribution >= 4 is 17.6 Å². The lowest BCUT2D eigenvalue weighted by molar-refractivity contribution is 0.223. The van der Waals surface area contributed by atoms with E-state index in [-0.39, 0.29) is 12.8 Å². The maximum absolute atomic E-state index is 11.7. The molecule has 2 aromatic carbocycles. The van der Waals surface area contributed by atoms with Gasteiger partial charge in [0, 0.05) is 17.1 Å². The molecule has 0 fully saturated rings. The Balaban J connectivity index is 1.73. The van der Waals surface area contributed by atoms with Gasteiger partial charge in [-0.25, -0.2) is 4.79 Å². The topological polar surface area (TPSA) is 59.6 Å². The van der Waals surface area contributed by atoms with E-state index >= 15 is 0 Å². The average molecular weight is 321 g/mol. The highest BCUT2D eigenvalue weighted by molar-refractivity contribution is 6.30. The fraction of sp³-hybridized carbons (Fsp3) is 0.188. The minimum Gasteiger partial charge on any atom is -0.496 e. The van der Waals surface area contributed by atoms with E-state index in [0.717, 1.165) is 11.3 Å². The number of halogens is 1. The predicted molar refractivity (Wildman–Crippen MR) is 85.3 cm³/mol. The molecule has 0 atom stereocenters. The molecular weight excluding hydrogens is 304 g/mol. The number of carbonyl (C=O) groups is 1. The number of rotatable bonds is 6. The SMILES string of the molecule is COc1ccccc1CNC(=O)NCOc1ccc(Cl)cc1. The quantitative estimate of drug-likeness (QED) is 0.804. The molecule has 0 saturated heterocycles. The van der Waals surface area contributed by atoms with Crippen LogP contribution in [0.2, 0.25) is 5.02 Å². The lowest BCUT2D eigenvalue weighted by Gasteiger charge is -2.11. The van der Waals surface area contributed by atoms with E-state index in [9.17, 15) is 4.79 Å². The van der Waals surface area contributed by atoms with Crippen molar-refractivity contribution in [2.45, 2.75) is 6.54 Å². The molecule has 0 bridgehead atoms.